The first-order valence-corrected chi connectivity index (χ1v) is 8.37. The molecule has 4 rings (SSSR count). The number of rotatable bonds is 4. The molecule has 1 aliphatic heterocycles. The maximum Gasteiger partial charge on any atom is 0.272 e. The van der Waals surface area contributed by atoms with E-state index in [1.54, 1.807) is 13.2 Å². The number of anilines is 1. The Kier molecular flexibility index (Phi) is 4.10. The standard InChI is InChI=1S/C17H20N6O2/c1-18-16(24)13-9-25-17(23-13)12-8-21-15-11(4-6-20-15)14(12)22-10-3-2-5-19-7-10/h4,6,8-10,19H,2-3,5,7H2,1H3,(H,18,24)(H2,20,21,22)/t10-/m1/s1. The average Bonchev–Trinajstić information content (AvgIpc) is 3.31. The van der Waals surface area contributed by atoms with Crippen molar-refractivity contribution in [3.63, 3.8) is 0 Å². The minimum Gasteiger partial charge on any atom is -0.443 e. The summed E-state index contributed by atoms with van der Waals surface area (Å²) >= 11 is 0. The van der Waals surface area contributed by atoms with E-state index in [9.17, 15) is 4.79 Å². The third-order valence-corrected chi connectivity index (χ3v) is 4.43. The van der Waals surface area contributed by atoms with Crippen LogP contribution in [0.4, 0.5) is 5.69 Å². The van der Waals surface area contributed by atoms with Gasteiger partial charge in [0.1, 0.15) is 11.9 Å². The molecule has 4 heterocycles. The van der Waals surface area contributed by atoms with Crippen LogP contribution in [0.3, 0.4) is 0 Å². The molecule has 0 saturated carbocycles. The summed E-state index contributed by atoms with van der Waals surface area (Å²) in [6.07, 6.45) is 7.17. The van der Waals surface area contributed by atoms with Gasteiger partial charge in [0.2, 0.25) is 5.89 Å². The normalized spacial score (nSPS) is 17.6. The van der Waals surface area contributed by atoms with Gasteiger partial charge in [0.05, 0.1) is 11.3 Å². The van der Waals surface area contributed by atoms with Crippen LogP contribution in [0.25, 0.3) is 22.5 Å². The second-order valence-electron chi connectivity index (χ2n) is 6.09. The summed E-state index contributed by atoms with van der Waals surface area (Å²) in [7, 11) is 1.56. The number of hydrogen-bond donors (Lipinski definition) is 4. The van der Waals surface area contributed by atoms with Crippen LogP contribution < -0.4 is 16.0 Å². The Bertz CT molecular complexity index is 894. The number of carbonyl (C=O) groups is 1. The molecule has 3 aromatic rings. The topological polar surface area (TPSA) is 108 Å². The van der Waals surface area contributed by atoms with Crippen molar-refractivity contribution in [3.8, 4) is 11.5 Å². The van der Waals surface area contributed by atoms with Gasteiger partial charge < -0.3 is 25.4 Å². The van der Waals surface area contributed by atoms with E-state index in [0.29, 0.717) is 11.9 Å². The number of carbonyl (C=O) groups excluding carboxylic acids is 1. The molecule has 3 aromatic heterocycles. The summed E-state index contributed by atoms with van der Waals surface area (Å²) in [5.74, 6) is 0.0946. The van der Waals surface area contributed by atoms with E-state index in [1.165, 1.54) is 6.26 Å². The molecule has 0 radical (unpaired) electrons. The highest BCUT2D eigenvalue weighted by Gasteiger charge is 2.21. The Morgan fingerprint density at radius 3 is 3.16 bits per heavy atom. The van der Waals surface area contributed by atoms with E-state index in [-0.39, 0.29) is 11.6 Å². The van der Waals surface area contributed by atoms with Gasteiger partial charge in [-0.2, -0.15) is 0 Å². The van der Waals surface area contributed by atoms with Crippen LogP contribution in [0.2, 0.25) is 0 Å². The number of fused-ring (bicyclic) bond motifs is 1. The van der Waals surface area contributed by atoms with E-state index in [1.807, 2.05) is 12.3 Å². The highest BCUT2D eigenvalue weighted by atomic mass is 16.3. The average molecular weight is 340 g/mol. The van der Waals surface area contributed by atoms with Crippen molar-refractivity contribution in [2.75, 3.05) is 25.5 Å². The predicted octanol–water partition coefficient (Wildman–Crippen LogP) is 1.74. The van der Waals surface area contributed by atoms with Crippen LogP contribution >= 0.6 is 0 Å². The molecule has 8 nitrogen and oxygen atoms in total. The zero-order valence-corrected chi connectivity index (χ0v) is 13.9. The largest absolute Gasteiger partial charge is 0.443 e. The molecule has 130 valence electrons. The van der Waals surface area contributed by atoms with Gasteiger partial charge in [-0.3, -0.25) is 4.79 Å². The molecule has 0 aromatic carbocycles. The van der Waals surface area contributed by atoms with Gasteiger partial charge in [0.15, 0.2) is 5.69 Å². The molecule has 4 N–H and O–H groups in total. The number of aromatic nitrogens is 3. The molecule has 1 atom stereocenters. The first kappa shape index (κ1) is 15.6. The summed E-state index contributed by atoms with van der Waals surface area (Å²) in [4.78, 5) is 23.6. The lowest BCUT2D eigenvalue weighted by atomic mass is 10.1. The monoisotopic (exact) mass is 340 g/mol. The molecule has 0 spiro atoms. The number of hydrogen-bond acceptors (Lipinski definition) is 6. The summed E-state index contributed by atoms with van der Waals surface area (Å²) in [6, 6.07) is 2.30. The van der Waals surface area contributed by atoms with Gasteiger partial charge in [-0.1, -0.05) is 0 Å². The molecule has 1 fully saturated rings. The van der Waals surface area contributed by atoms with Crippen LogP contribution in [-0.2, 0) is 0 Å². The van der Waals surface area contributed by atoms with Gasteiger partial charge in [-0.05, 0) is 25.5 Å². The zero-order valence-electron chi connectivity index (χ0n) is 13.9. The van der Waals surface area contributed by atoms with Gasteiger partial charge in [-0.25, -0.2) is 9.97 Å². The molecule has 1 saturated heterocycles. The molecular weight excluding hydrogens is 320 g/mol. The SMILES string of the molecule is CNC(=O)c1coc(-c2cnc3[nH]ccc3c2N[C@@H]2CCCNC2)n1. The second-order valence-corrected chi connectivity index (χ2v) is 6.09. The van der Waals surface area contributed by atoms with Crippen molar-refractivity contribution in [1.29, 1.82) is 0 Å². The van der Waals surface area contributed by atoms with E-state index in [4.69, 9.17) is 4.42 Å². The quantitative estimate of drug-likeness (QED) is 0.576. The number of pyridine rings is 1. The molecule has 0 bridgehead atoms. The smallest absolute Gasteiger partial charge is 0.272 e. The van der Waals surface area contributed by atoms with Crippen molar-refractivity contribution in [2.24, 2.45) is 0 Å². The van der Waals surface area contributed by atoms with Crippen molar-refractivity contribution in [2.45, 2.75) is 18.9 Å². The third-order valence-electron chi connectivity index (χ3n) is 4.43. The number of aromatic amines is 1. The summed E-state index contributed by atoms with van der Waals surface area (Å²) in [5.41, 5.74) is 2.71. The lowest BCUT2D eigenvalue weighted by Gasteiger charge is -2.26. The van der Waals surface area contributed by atoms with Crippen LogP contribution in [-0.4, -0.2) is 47.0 Å². The fourth-order valence-corrected chi connectivity index (χ4v) is 3.13. The summed E-state index contributed by atoms with van der Waals surface area (Å²) in [6.45, 7) is 1.96. The Labute approximate surface area is 144 Å². The van der Waals surface area contributed by atoms with Crippen LogP contribution in [0.15, 0.2) is 29.1 Å². The van der Waals surface area contributed by atoms with E-state index in [2.05, 4.69) is 30.9 Å². The first-order chi connectivity index (χ1) is 12.3. The minimum atomic E-state index is -0.281. The Hall–Kier alpha value is -2.87. The maximum atomic E-state index is 11.8. The Morgan fingerprint density at radius 1 is 1.44 bits per heavy atom. The number of nitrogens with zero attached hydrogens (tertiary/aromatic N) is 2. The van der Waals surface area contributed by atoms with E-state index in [0.717, 1.165) is 48.2 Å². The molecule has 1 amide bonds. The highest BCUT2D eigenvalue weighted by Crippen LogP contribution is 2.33. The van der Waals surface area contributed by atoms with E-state index >= 15 is 0 Å². The van der Waals surface area contributed by atoms with Gasteiger partial charge in [0.25, 0.3) is 5.91 Å². The predicted molar refractivity (Wildman–Crippen MR) is 94.5 cm³/mol. The second kappa shape index (κ2) is 6.56. The van der Waals surface area contributed by atoms with Crippen LogP contribution in [0, 0.1) is 0 Å². The summed E-state index contributed by atoms with van der Waals surface area (Å²) in [5, 5.41) is 10.5. The molecule has 1 aliphatic rings. The zero-order chi connectivity index (χ0) is 17.2. The van der Waals surface area contributed by atoms with Crippen molar-refractivity contribution in [1.82, 2.24) is 25.6 Å². The fraction of sp³-hybridized carbons (Fsp3) is 0.353. The maximum absolute atomic E-state index is 11.8. The Morgan fingerprint density at radius 2 is 2.36 bits per heavy atom. The number of oxazole rings is 1. The lowest BCUT2D eigenvalue weighted by molar-refractivity contribution is 0.0958. The van der Waals surface area contributed by atoms with Crippen LogP contribution in [0.5, 0.6) is 0 Å². The molecule has 0 aliphatic carbocycles. The minimum absolute atomic E-state index is 0.247. The molecule has 8 heteroatoms. The van der Waals surface area contributed by atoms with Crippen molar-refractivity contribution in [3.05, 3.63) is 30.4 Å². The van der Waals surface area contributed by atoms with E-state index < -0.39 is 0 Å². The molecule has 0 unspecified atom stereocenters. The van der Waals surface area contributed by atoms with Crippen molar-refractivity contribution >= 4 is 22.6 Å². The van der Waals surface area contributed by atoms with Crippen molar-refractivity contribution < 1.29 is 9.21 Å². The molecular formula is C17H20N6O2. The van der Waals surface area contributed by atoms with Gasteiger partial charge in [-0.15, -0.1) is 0 Å². The highest BCUT2D eigenvalue weighted by molar-refractivity contribution is 5.98. The van der Waals surface area contributed by atoms with Crippen LogP contribution in [0.1, 0.15) is 23.3 Å². The summed E-state index contributed by atoms with van der Waals surface area (Å²) < 4.78 is 5.55. The number of nitrogens with one attached hydrogen (secondary N) is 4. The van der Waals surface area contributed by atoms with Gasteiger partial charge in [0, 0.05) is 37.4 Å². The number of H-pyrrole nitrogens is 1. The fourth-order valence-electron chi connectivity index (χ4n) is 3.13. The number of piperidine rings is 1. The lowest BCUT2D eigenvalue weighted by Crippen LogP contribution is -2.38. The number of amides is 1. The first-order valence-electron chi connectivity index (χ1n) is 8.37. The Balaban J connectivity index is 1.75. The molecule has 25 heavy (non-hydrogen) atoms. The third kappa shape index (κ3) is 2.96. The van der Waals surface area contributed by atoms with Gasteiger partial charge >= 0.3 is 0 Å².